The van der Waals surface area contributed by atoms with E-state index in [-0.39, 0.29) is 37.2 Å². The van der Waals surface area contributed by atoms with Crippen LogP contribution in [0, 0.1) is 0 Å². The number of hydrogen-bond donors (Lipinski definition) is 0. The molecule has 0 heterocycles. The van der Waals surface area contributed by atoms with Crippen LogP contribution in [0.1, 0.15) is 20.8 Å². The van der Waals surface area contributed by atoms with Crippen molar-refractivity contribution in [3.63, 3.8) is 0 Å². The molecule has 0 aliphatic heterocycles. The van der Waals surface area contributed by atoms with Gasteiger partial charge >= 0.3 is 17.4 Å². The summed E-state index contributed by atoms with van der Waals surface area (Å²) in [4.78, 5) is 0. The summed E-state index contributed by atoms with van der Waals surface area (Å²) in [5.41, 5.74) is 0. The first-order chi connectivity index (χ1) is 4.24. The molecule has 0 rings (SSSR count). The molecule has 0 saturated carbocycles. The zero-order valence-corrected chi connectivity index (χ0v) is 8.03. The van der Waals surface area contributed by atoms with Crippen LogP contribution in [0.5, 0.6) is 0 Å². The van der Waals surface area contributed by atoms with E-state index in [2.05, 4.69) is 0 Å². The van der Waals surface area contributed by atoms with Gasteiger partial charge in [0.15, 0.2) is 0 Å². The molecule has 0 bridgehead atoms. The van der Waals surface area contributed by atoms with Crippen molar-refractivity contribution in [3.8, 4) is 0 Å². The molecule has 1 radical (unpaired) electrons. The van der Waals surface area contributed by atoms with E-state index in [9.17, 15) is 0 Å². The molecular weight excluding hydrogens is 172 g/mol. The molecule has 4 heteroatoms. The normalized spacial score (nSPS) is 5.40. The number of hydrogen-bond acceptors (Lipinski definition) is 3. The van der Waals surface area contributed by atoms with Gasteiger partial charge in [0.1, 0.15) is 0 Å². The van der Waals surface area contributed by atoms with E-state index in [0.29, 0.717) is 0 Å². The van der Waals surface area contributed by atoms with E-state index >= 15 is 0 Å². The second-order valence-corrected chi connectivity index (χ2v) is 0.866. The predicted octanol–water partition coefficient (Wildman–Crippen LogP) is -1.90. The Kier molecular flexibility index (Phi) is 128. The van der Waals surface area contributed by atoms with Crippen molar-refractivity contribution in [3.05, 3.63) is 0 Å². The minimum absolute atomic E-state index is 0. The van der Waals surface area contributed by atoms with Crippen LogP contribution in [0.3, 0.4) is 0 Å². The third kappa shape index (κ3) is 2720. The molecule has 0 aromatic rings. The fourth-order valence-corrected chi connectivity index (χ4v) is 0. The molecule has 0 aromatic carbocycles. The van der Waals surface area contributed by atoms with Gasteiger partial charge in [0.25, 0.3) is 0 Å². The fourth-order valence-electron chi connectivity index (χ4n) is 0. The SMILES string of the molecule is CC[O-].CC[O-].CC[O-].[Cr+3]. The van der Waals surface area contributed by atoms with Crippen LogP contribution < -0.4 is 15.3 Å². The van der Waals surface area contributed by atoms with E-state index in [1.54, 1.807) is 20.8 Å². The van der Waals surface area contributed by atoms with Gasteiger partial charge in [0.05, 0.1) is 0 Å². The Labute approximate surface area is 73.8 Å². The molecule has 10 heavy (non-hydrogen) atoms. The Hall–Kier alpha value is 0.412. The summed E-state index contributed by atoms with van der Waals surface area (Å²) in [6.07, 6.45) is 0. The Morgan fingerprint density at radius 3 is 0.700 bits per heavy atom. The van der Waals surface area contributed by atoms with Crippen LogP contribution in [0.25, 0.3) is 0 Å². The minimum Gasteiger partial charge on any atom is -0.855 e. The number of rotatable bonds is 0. The van der Waals surface area contributed by atoms with Gasteiger partial charge in [-0.15, -0.1) is 19.8 Å². The maximum atomic E-state index is 8.93. The van der Waals surface area contributed by atoms with Crippen molar-refractivity contribution < 1.29 is 32.7 Å². The van der Waals surface area contributed by atoms with E-state index in [1.165, 1.54) is 0 Å². The summed E-state index contributed by atoms with van der Waals surface area (Å²) in [6.45, 7) is 4.71. The Balaban J connectivity index is -0.0000000257. The van der Waals surface area contributed by atoms with Crippen molar-refractivity contribution in [2.45, 2.75) is 20.8 Å². The summed E-state index contributed by atoms with van der Waals surface area (Å²) in [5.74, 6) is 0. The summed E-state index contributed by atoms with van der Waals surface area (Å²) < 4.78 is 0. The first-order valence-corrected chi connectivity index (χ1v) is 2.99. The van der Waals surface area contributed by atoms with Crippen molar-refractivity contribution in [2.75, 3.05) is 19.8 Å². The van der Waals surface area contributed by atoms with Gasteiger partial charge in [0, 0.05) is 0 Å². The Bertz CT molecular complexity index is 17.7. The third-order valence-corrected chi connectivity index (χ3v) is 0. The van der Waals surface area contributed by atoms with Gasteiger partial charge in [-0.2, -0.15) is 0 Å². The van der Waals surface area contributed by atoms with Crippen LogP contribution in [-0.2, 0) is 17.4 Å². The Morgan fingerprint density at radius 1 is 0.700 bits per heavy atom. The molecule has 63 valence electrons. The maximum Gasteiger partial charge on any atom is 3.00 e. The predicted molar refractivity (Wildman–Crippen MR) is 31.6 cm³/mol. The van der Waals surface area contributed by atoms with Crippen molar-refractivity contribution in [1.29, 1.82) is 0 Å². The minimum atomic E-state index is 0. The van der Waals surface area contributed by atoms with Crippen LogP contribution in [0.15, 0.2) is 0 Å². The quantitative estimate of drug-likeness (QED) is 0.444. The summed E-state index contributed by atoms with van der Waals surface area (Å²) in [5, 5.41) is 26.8. The summed E-state index contributed by atoms with van der Waals surface area (Å²) >= 11 is 0. The standard InChI is InChI=1S/3C2H5O.Cr/c3*1-2-3;/h3*2H2,1H3;/q3*-1;+3. The molecule has 3 nitrogen and oxygen atoms in total. The molecule has 0 unspecified atom stereocenters. The zero-order valence-electron chi connectivity index (χ0n) is 6.75. The smallest absolute Gasteiger partial charge is 0.855 e. The maximum absolute atomic E-state index is 8.93. The van der Waals surface area contributed by atoms with E-state index in [1.807, 2.05) is 0 Å². The summed E-state index contributed by atoms with van der Waals surface area (Å²) in [6, 6.07) is 0. The topological polar surface area (TPSA) is 69.2 Å². The third-order valence-electron chi connectivity index (χ3n) is 0. The molecular formula is C6H15CrO3. The molecule has 0 aliphatic rings. The Morgan fingerprint density at radius 2 is 0.700 bits per heavy atom. The summed E-state index contributed by atoms with van der Waals surface area (Å²) in [7, 11) is 0. The molecule has 0 saturated heterocycles. The van der Waals surface area contributed by atoms with Crippen molar-refractivity contribution in [2.24, 2.45) is 0 Å². The van der Waals surface area contributed by atoms with Crippen LogP contribution in [-0.4, -0.2) is 19.8 Å². The molecule has 0 aromatic heterocycles. The molecule has 0 amide bonds. The van der Waals surface area contributed by atoms with Gasteiger partial charge in [-0.25, -0.2) is 0 Å². The van der Waals surface area contributed by atoms with Gasteiger partial charge in [-0.05, 0) is 0 Å². The first-order valence-electron chi connectivity index (χ1n) is 2.99. The fraction of sp³-hybridized carbons (Fsp3) is 1.00. The van der Waals surface area contributed by atoms with E-state index in [0.717, 1.165) is 0 Å². The molecule has 0 fully saturated rings. The van der Waals surface area contributed by atoms with Gasteiger partial charge in [-0.1, -0.05) is 20.8 Å². The van der Waals surface area contributed by atoms with Crippen molar-refractivity contribution >= 4 is 0 Å². The molecule has 0 N–H and O–H groups in total. The van der Waals surface area contributed by atoms with Gasteiger partial charge < -0.3 is 15.3 Å². The van der Waals surface area contributed by atoms with Crippen LogP contribution >= 0.6 is 0 Å². The molecule has 0 spiro atoms. The average molecular weight is 187 g/mol. The second-order valence-electron chi connectivity index (χ2n) is 0.866. The largest absolute Gasteiger partial charge is 3.00 e. The van der Waals surface area contributed by atoms with Crippen LogP contribution in [0.4, 0.5) is 0 Å². The van der Waals surface area contributed by atoms with E-state index < -0.39 is 0 Å². The monoisotopic (exact) mass is 187 g/mol. The first kappa shape index (κ1) is 22.4. The average Bonchev–Trinajstić information content (AvgIpc) is 1.70. The second kappa shape index (κ2) is 57.2. The van der Waals surface area contributed by atoms with Gasteiger partial charge in [-0.3, -0.25) is 0 Å². The van der Waals surface area contributed by atoms with Crippen LogP contribution in [0.2, 0.25) is 0 Å². The molecule has 0 atom stereocenters. The van der Waals surface area contributed by atoms with Gasteiger partial charge in [0.2, 0.25) is 0 Å². The molecule has 0 aliphatic carbocycles. The van der Waals surface area contributed by atoms with E-state index in [4.69, 9.17) is 15.3 Å². The zero-order chi connectivity index (χ0) is 8.12. The van der Waals surface area contributed by atoms with Crippen molar-refractivity contribution in [1.82, 2.24) is 0 Å².